The van der Waals surface area contributed by atoms with Crippen molar-refractivity contribution in [2.24, 2.45) is 0 Å². The molecule has 4 aliphatic heterocycles. The van der Waals surface area contributed by atoms with Gasteiger partial charge in [0.15, 0.2) is 0 Å². The van der Waals surface area contributed by atoms with Crippen LogP contribution in [0.4, 0.5) is 0 Å². The van der Waals surface area contributed by atoms with Crippen molar-refractivity contribution >= 4 is 45.8 Å². The van der Waals surface area contributed by atoms with Crippen LogP contribution in [0, 0.1) is 13.8 Å². The van der Waals surface area contributed by atoms with E-state index >= 15 is 0 Å². The van der Waals surface area contributed by atoms with Crippen molar-refractivity contribution in [3.63, 3.8) is 0 Å². The Morgan fingerprint density at radius 1 is 0.590 bits per heavy atom. The van der Waals surface area contributed by atoms with Gasteiger partial charge < -0.3 is 25.1 Å². The van der Waals surface area contributed by atoms with Crippen molar-refractivity contribution in [3.05, 3.63) is 188 Å². The summed E-state index contributed by atoms with van der Waals surface area (Å²) in [5.41, 5.74) is 16.0. The van der Waals surface area contributed by atoms with Crippen LogP contribution < -0.4 is 18.9 Å². The Labute approximate surface area is 466 Å². The number of hydrogen-bond donors (Lipinski definition) is 1. The van der Waals surface area contributed by atoms with Crippen molar-refractivity contribution < 1.29 is 53.4 Å². The average Bonchev–Trinajstić information content (AvgIpc) is 4.24. The van der Waals surface area contributed by atoms with Gasteiger partial charge in [0.1, 0.15) is 11.0 Å². The van der Waals surface area contributed by atoms with Gasteiger partial charge in [0.25, 0.3) is 11.8 Å². The topological polar surface area (TPSA) is 196 Å². The van der Waals surface area contributed by atoms with E-state index in [9.17, 15) is 24.3 Å². The summed E-state index contributed by atoms with van der Waals surface area (Å²) in [5.74, 6) is -1.41. The molecule has 2 fully saturated rings. The molecule has 6 atom stereocenters. The minimum absolute atomic E-state index is 0. The molecule has 6 heterocycles. The Morgan fingerprint density at radius 2 is 1.03 bits per heavy atom. The Hall–Kier alpha value is -7.44. The van der Waals surface area contributed by atoms with E-state index in [-0.39, 0.29) is 91.0 Å². The summed E-state index contributed by atoms with van der Waals surface area (Å²) in [6.45, 7) is 11.8. The van der Waals surface area contributed by atoms with Crippen LogP contribution in [0.2, 0.25) is 0 Å². The summed E-state index contributed by atoms with van der Waals surface area (Å²) < 4.78 is 9.14. The number of rotatable bonds is 13. The van der Waals surface area contributed by atoms with Crippen LogP contribution in [0.15, 0.2) is 121 Å². The van der Waals surface area contributed by atoms with Gasteiger partial charge in [-0.05, 0) is 165 Å². The Balaban J connectivity index is 0.000000185. The number of ether oxygens (including phenoxy) is 1. The molecule has 0 radical (unpaired) electrons. The summed E-state index contributed by atoms with van der Waals surface area (Å²) in [6.07, 6.45) is 5.77. The number of aryl methyl sites for hydroxylation is 4. The van der Waals surface area contributed by atoms with Gasteiger partial charge in [0, 0.05) is 48.1 Å². The molecular formula is C62H65LiN8O7. The van der Waals surface area contributed by atoms with Crippen LogP contribution in [0.3, 0.4) is 0 Å². The molecule has 4 bridgehead atoms. The van der Waals surface area contributed by atoms with Gasteiger partial charge in [-0.25, -0.2) is 9.36 Å². The molecule has 2 saturated heterocycles. The molecule has 16 heteroatoms. The monoisotopic (exact) mass is 1040 g/mol. The summed E-state index contributed by atoms with van der Waals surface area (Å²) in [6, 6.07) is 40.7. The van der Waals surface area contributed by atoms with Gasteiger partial charge in [0.2, 0.25) is 0 Å². The molecule has 4 unspecified atom stereocenters. The number of esters is 1. The number of nitrogens with zero attached hydrogens (tertiary/aromatic N) is 8. The van der Waals surface area contributed by atoms with E-state index in [1.54, 1.807) is 0 Å². The second-order valence-corrected chi connectivity index (χ2v) is 20.8. The third-order valence-corrected chi connectivity index (χ3v) is 16.7. The summed E-state index contributed by atoms with van der Waals surface area (Å²) in [4.78, 5) is 56.1. The van der Waals surface area contributed by atoms with Crippen LogP contribution in [-0.2, 0) is 40.3 Å². The molecule has 15 nitrogen and oxygen atoms in total. The van der Waals surface area contributed by atoms with E-state index in [1.807, 2.05) is 110 Å². The fourth-order valence-corrected chi connectivity index (χ4v) is 13.0. The number of carboxylic acid groups (broad SMARTS) is 1. The smallest absolute Gasteiger partial charge is 0.870 e. The summed E-state index contributed by atoms with van der Waals surface area (Å²) >= 11 is 0. The second kappa shape index (κ2) is 23.3. The number of hydrogen-bond acceptors (Lipinski definition) is 10. The van der Waals surface area contributed by atoms with Crippen LogP contribution in [0.25, 0.3) is 22.1 Å². The number of amides is 2. The molecule has 0 aliphatic carbocycles. The first-order chi connectivity index (χ1) is 37.0. The molecule has 4 aliphatic rings. The number of carbonyl (C=O) groups is 4. The second-order valence-electron chi connectivity index (χ2n) is 20.8. The minimum atomic E-state index is -0.846. The molecule has 8 aromatic rings. The first kappa shape index (κ1) is 55.3. The number of aromatic nitrogens is 6. The maximum Gasteiger partial charge on any atom is 1.00 e. The van der Waals surface area contributed by atoms with Crippen LogP contribution >= 0.6 is 0 Å². The fraction of sp³-hybridized carbons (Fsp3) is 0.355. The molecule has 12 rings (SSSR count). The van der Waals surface area contributed by atoms with Crippen molar-refractivity contribution in [2.75, 3.05) is 6.61 Å². The first-order valence-electron chi connectivity index (χ1n) is 27.0. The summed E-state index contributed by atoms with van der Waals surface area (Å²) in [7, 11) is 0. The SMILES string of the molecule is CCOC(=O)C[C@@H](c1ccc2c(c1)C1CCC(C2)N1C(=O)c1ccccc1)c1ccc2c(nnn2CC)c1C.CCn1nnc2c(C)c([C@@H](CC(=O)O)c3ccc4c(c3)C3CCC(C4)N3C(=O)c3ccccc3)ccc21.[Li+].[OH-]. The standard InChI is InChI=1S/C32H34N4O3.C30H30N4O3.Li.H2O/c1-4-35-29-16-14-25(20(3)31(29)33-34-35)26(19-30(37)39-5-2)23-12-11-22-17-24-13-15-28(27(22)18-23)36(24)32(38)21-9-7-6-8-10-21;1-3-33-27-14-12-23(18(2)29(27)31-32-33)24(17-28(35)36)21-10-9-20-15-22-11-13-26(25(20)16-21)34(22)30(37)19-7-5-4-6-8-19;;/h6-12,14,16,18,24,26,28H,4-5,13,15,17,19H2,1-3H3;4-10,12,14,16,22,24,26H,3,11,13,15,17H2,1-2H3,(H,35,36);;1H2/q;;+1;/p-1/t24?,26-,28?;22?,24-,26?;;/m00../s1. The number of aliphatic carboxylic acids is 1. The minimum Gasteiger partial charge on any atom is -0.870 e. The van der Waals surface area contributed by atoms with Crippen LogP contribution in [0.1, 0.15) is 160 Å². The van der Waals surface area contributed by atoms with Crippen molar-refractivity contribution in [1.29, 1.82) is 0 Å². The molecule has 396 valence electrons. The fourth-order valence-electron chi connectivity index (χ4n) is 13.0. The number of benzene rings is 6. The molecule has 6 aromatic carbocycles. The molecule has 2 amide bonds. The van der Waals surface area contributed by atoms with E-state index in [0.29, 0.717) is 12.2 Å². The quantitative estimate of drug-likeness (QED) is 0.0873. The van der Waals surface area contributed by atoms with E-state index in [2.05, 4.69) is 85.9 Å². The van der Waals surface area contributed by atoms with Gasteiger partial charge in [-0.15, -0.1) is 10.2 Å². The predicted molar refractivity (Wildman–Crippen MR) is 292 cm³/mol. The number of carbonyl (C=O) groups excluding carboxylic acids is 3. The third-order valence-electron chi connectivity index (χ3n) is 16.7. The number of fused-ring (bicyclic) bond motifs is 10. The van der Waals surface area contributed by atoms with E-state index in [1.165, 1.54) is 16.7 Å². The molecular weight excluding hydrogens is 976 g/mol. The maximum atomic E-state index is 13.6. The zero-order chi connectivity index (χ0) is 52.8. The predicted octanol–water partition coefficient (Wildman–Crippen LogP) is 7.84. The largest absolute Gasteiger partial charge is 1.00 e. The van der Waals surface area contributed by atoms with E-state index < -0.39 is 5.97 Å². The van der Waals surface area contributed by atoms with Gasteiger partial charge in [-0.2, -0.15) is 0 Å². The Kier molecular flexibility index (Phi) is 16.5. The third kappa shape index (κ3) is 10.2. The zero-order valence-electron chi connectivity index (χ0n) is 45.3. The maximum absolute atomic E-state index is 13.6. The summed E-state index contributed by atoms with van der Waals surface area (Å²) in [5, 5.41) is 27.3. The Morgan fingerprint density at radius 3 is 1.44 bits per heavy atom. The first-order valence-corrected chi connectivity index (χ1v) is 27.0. The molecule has 2 aromatic heterocycles. The van der Waals surface area contributed by atoms with Gasteiger partial charge in [-0.1, -0.05) is 95.4 Å². The van der Waals surface area contributed by atoms with Gasteiger partial charge in [-0.3, -0.25) is 19.2 Å². The average molecular weight is 1040 g/mol. The zero-order valence-corrected chi connectivity index (χ0v) is 45.3. The van der Waals surface area contributed by atoms with Crippen LogP contribution in [-0.4, -0.2) is 92.8 Å². The van der Waals surface area contributed by atoms with E-state index in [4.69, 9.17) is 4.74 Å². The van der Waals surface area contributed by atoms with E-state index in [0.717, 1.165) is 118 Å². The Bertz CT molecular complexity index is 3530. The molecule has 0 saturated carbocycles. The number of carboxylic acids is 1. The molecule has 0 spiro atoms. The molecule has 2 N–H and O–H groups in total. The normalized spacial score (nSPS) is 18.4. The van der Waals surface area contributed by atoms with Crippen LogP contribution in [0.5, 0.6) is 0 Å². The van der Waals surface area contributed by atoms with Crippen molar-refractivity contribution in [1.82, 2.24) is 39.8 Å². The van der Waals surface area contributed by atoms with Crippen molar-refractivity contribution in [2.45, 2.75) is 135 Å². The van der Waals surface area contributed by atoms with Gasteiger partial charge >= 0.3 is 30.8 Å². The molecule has 78 heavy (non-hydrogen) atoms. The van der Waals surface area contributed by atoms with Crippen molar-refractivity contribution in [3.8, 4) is 0 Å². The van der Waals surface area contributed by atoms with Gasteiger partial charge in [0.05, 0.1) is 42.6 Å².